The third kappa shape index (κ3) is 2.82. The number of hydrogen-bond donors (Lipinski definition) is 1. The number of likely N-dealkylation sites (tertiary alicyclic amines) is 1. The van der Waals surface area contributed by atoms with Crippen molar-refractivity contribution in [1.82, 2.24) is 4.90 Å². The molecule has 1 fully saturated rings. The molecular formula is C12H23NO. The Labute approximate surface area is 87.6 Å². The number of piperidine rings is 1. The summed E-state index contributed by atoms with van der Waals surface area (Å²) in [6, 6.07) is 0. The van der Waals surface area contributed by atoms with Gasteiger partial charge in [0.1, 0.15) is 0 Å². The van der Waals surface area contributed by atoms with Crippen LogP contribution in [-0.4, -0.2) is 36.2 Å². The molecule has 0 aliphatic carbocycles. The molecule has 2 nitrogen and oxygen atoms in total. The fourth-order valence-electron chi connectivity index (χ4n) is 2.54. The van der Waals surface area contributed by atoms with E-state index < -0.39 is 0 Å². The molecule has 1 heterocycles. The van der Waals surface area contributed by atoms with E-state index >= 15 is 0 Å². The second-order valence-electron chi connectivity index (χ2n) is 5.01. The average Bonchev–Trinajstić information content (AvgIpc) is 2.10. The molecule has 2 heteroatoms. The van der Waals surface area contributed by atoms with Gasteiger partial charge in [-0.1, -0.05) is 19.9 Å². The Morgan fingerprint density at radius 3 is 2.79 bits per heavy atom. The zero-order chi connectivity index (χ0) is 10.6. The van der Waals surface area contributed by atoms with Gasteiger partial charge in [-0.05, 0) is 30.7 Å². The van der Waals surface area contributed by atoms with Crippen molar-refractivity contribution in [1.29, 1.82) is 0 Å². The Balaban J connectivity index is 2.51. The number of rotatable bonds is 4. The van der Waals surface area contributed by atoms with Gasteiger partial charge in [0.15, 0.2) is 0 Å². The third-order valence-electron chi connectivity index (χ3n) is 3.39. The highest BCUT2D eigenvalue weighted by molar-refractivity contribution is 4.89. The molecule has 1 atom stereocenters. The molecule has 1 aliphatic rings. The van der Waals surface area contributed by atoms with E-state index in [0.29, 0.717) is 17.9 Å². The molecule has 0 aromatic rings. The van der Waals surface area contributed by atoms with Crippen LogP contribution in [0.1, 0.15) is 26.7 Å². The largest absolute Gasteiger partial charge is 0.396 e. The summed E-state index contributed by atoms with van der Waals surface area (Å²) in [6.45, 7) is 12.0. The smallest absolute Gasteiger partial charge is 0.0433 e. The molecule has 0 aromatic heterocycles. The number of aliphatic hydroxyl groups excluding tert-OH is 1. The van der Waals surface area contributed by atoms with Crippen LogP contribution < -0.4 is 0 Å². The van der Waals surface area contributed by atoms with Crippen LogP contribution in [0.2, 0.25) is 0 Å². The quantitative estimate of drug-likeness (QED) is 0.696. The molecule has 1 rings (SSSR count). The Kier molecular flexibility index (Phi) is 4.14. The first kappa shape index (κ1) is 11.7. The lowest BCUT2D eigenvalue weighted by atomic mass is 9.72. The normalized spacial score (nSPS) is 27.5. The van der Waals surface area contributed by atoms with Crippen molar-refractivity contribution >= 4 is 0 Å². The zero-order valence-corrected chi connectivity index (χ0v) is 9.50. The summed E-state index contributed by atoms with van der Waals surface area (Å²) < 4.78 is 0. The monoisotopic (exact) mass is 197 g/mol. The Bertz CT molecular complexity index is 189. The molecule has 0 saturated carbocycles. The van der Waals surface area contributed by atoms with Crippen LogP contribution in [0.4, 0.5) is 0 Å². The van der Waals surface area contributed by atoms with Gasteiger partial charge in [0.05, 0.1) is 0 Å². The minimum Gasteiger partial charge on any atom is -0.396 e. The highest BCUT2D eigenvalue weighted by atomic mass is 16.3. The van der Waals surface area contributed by atoms with Gasteiger partial charge in [0, 0.05) is 19.7 Å². The van der Waals surface area contributed by atoms with E-state index in [1.807, 2.05) is 6.08 Å². The highest BCUT2D eigenvalue weighted by Gasteiger charge is 2.34. The Morgan fingerprint density at radius 2 is 2.29 bits per heavy atom. The molecule has 1 aliphatic heterocycles. The molecule has 0 bridgehead atoms. The van der Waals surface area contributed by atoms with E-state index in [1.165, 1.54) is 6.42 Å². The lowest BCUT2D eigenvalue weighted by Crippen LogP contribution is -2.45. The van der Waals surface area contributed by atoms with Gasteiger partial charge < -0.3 is 5.11 Å². The van der Waals surface area contributed by atoms with Gasteiger partial charge in [0.2, 0.25) is 0 Å². The van der Waals surface area contributed by atoms with E-state index in [-0.39, 0.29) is 0 Å². The molecule has 0 aromatic carbocycles. The van der Waals surface area contributed by atoms with Crippen molar-refractivity contribution in [2.24, 2.45) is 11.3 Å². The zero-order valence-electron chi connectivity index (χ0n) is 9.50. The van der Waals surface area contributed by atoms with Gasteiger partial charge in [-0.2, -0.15) is 0 Å². The van der Waals surface area contributed by atoms with E-state index in [0.717, 1.165) is 26.1 Å². The maximum Gasteiger partial charge on any atom is 0.0433 e. The van der Waals surface area contributed by atoms with Crippen LogP contribution in [0, 0.1) is 11.3 Å². The van der Waals surface area contributed by atoms with E-state index in [4.69, 9.17) is 5.11 Å². The molecule has 1 saturated heterocycles. The predicted octanol–water partition coefficient (Wildman–Crippen LogP) is 1.90. The molecule has 82 valence electrons. The van der Waals surface area contributed by atoms with Crippen LogP contribution >= 0.6 is 0 Å². The van der Waals surface area contributed by atoms with Crippen molar-refractivity contribution in [3.63, 3.8) is 0 Å². The number of nitrogens with zero attached hydrogens (tertiary/aromatic N) is 1. The molecular weight excluding hydrogens is 174 g/mol. The van der Waals surface area contributed by atoms with Crippen LogP contribution in [0.3, 0.4) is 0 Å². The first-order valence-corrected chi connectivity index (χ1v) is 5.54. The summed E-state index contributed by atoms with van der Waals surface area (Å²) in [7, 11) is 0. The van der Waals surface area contributed by atoms with Crippen LogP contribution in [0.5, 0.6) is 0 Å². The van der Waals surface area contributed by atoms with Crippen molar-refractivity contribution in [3.05, 3.63) is 12.7 Å². The Hall–Kier alpha value is -0.340. The minimum absolute atomic E-state index is 0.329. The van der Waals surface area contributed by atoms with Crippen molar-refractivity contribution < 1.29 is 5.11 Å². The lowest BCUT2D eigenvalue weighted by Gasteiger charge is -2.44. The fraction of sp³-hybridized carbons (Fsp3) is 0.833. The van der Waals surface area contributed by atoms with Crippen molar-refractivity contribution in [3.8, 4) is 0 Å². The first-order valence-electron chi connectivity index (χ1n) is 5.54. The SMILES string of the molecule is C=CCN1CCC(CCO)C(C)(C)C1. The van der Waals surface area contributed by atoms with Crippen molar-refractivity contribution in [2.75, 3.05) is 26.2 Å². The van der Waals surface area contributed by atoms with Crippen LogP contribution in [-0.2, 0) is 0 Å². The molecule has 14 heavy (non-hydrogen) atoms. The van der Waals surface area contributed by atoms with Gasteiger partial charge in [-0.25, -0.2) is 0 Å². The van der Waals surface area contributed by atoms with Crippen molar-refractivity contribution in [2.45, 2.75) is 26.7 Å². The lowest BCUT2D eigenvalue weighted by molar-refractivity contribution is 0.0469. The van der Waals surface area contributed by atoms with Crippen LogP contribution in [0.25, 0.3) is 0 Å². The van der Waals surface area contributed by atoms with Gasteiger partial charge in [-0.15, -0.1) is 6.58 Å². The molecule has 0 amide bonds. The van der Waals surface area contributed by atoms with Crippen LogP contribution in [0.15, 0.2) is 12.7 Å². The summed E-state index contributed by atoms with van der Waals surface area (Å²) in [4.78, 5) is 2.45. The second kappa shape index (κ2) is 4.94. The number of aliphatic hydroxyl groups is 1. The van der Waals surface area contributed by atoms with E-state index in [9.17, 15) is 0 Å². The molecule has 0 radical (unpaired) electrons. The maximum absolute atomic E-state index is 8.99. The first-order chi connectivity index (χ1) is 6.60. The van der Waals surface area contributed by atoms with E-state index in [2.05, 4.69) is 25.3 Å². The molecule has 1 N–H and O–H groups in total. The highest BCUT2D eigenvalue weighted by Crippen LogP contribution is 2.36. The number of hydrogen-bond acceptors (Lipinski definition) is 2. The summed E-state index contributed by atoms with van der Waals surface area (Å²) in [5.41, 5.74) is 0.337. The standard InChI is InChI=1S/C12H23NO/c1-4-7-13-8-5-11(6-9-14)12(2,3)10-13/h4,11,14H,1,5-10H2,2-3H3. The van der Waals surface area contributed by atoms with Gasteiger partial charge >= 0.3 is 0 Å². The average molecular weight is 197 g/mol. The fourth-order valence-corrected chi connectivity index (χ4v) is 2.54. The minimum atomic E-state index is 0.329. The van der Waals surface area contributed by atoms with Gasteiger partial charge in [-0.3, -0.25) is 4.90 Å². The maximum atomic E-state index is 8.99. The summed E-state index contributed by atoms with van der Waals surface area (Å²) in [5.74, 6) is 0.675. The summed E-state index contributed by atoms with van der Waals surface area (Å²) in [6.07, 6.45) is 4.14. The topological polar surface area (TPSA) is 23.5 Å². The second-order valence-corrected chi connectivity index (χ2v) is 5.01. The van der Waals surface area contributed by atoms with E-state index in [1.54, 1.807) is 0 Å². The Morgan fingerprint density at radius 1 is 1.57 bits per heavy atom. The molecule has 0 spiro atoms. The van der Waals surface area contributed by atoms with Gasteiger partial charge in [0.25, 0.3) is 0 Å². The molecule has 1 unspecified atom stereocenters. The summed E-state index contributed by atoms with van der Waals surface area (Å²) in [5, 5.41) is 8.99. The third-order valence-corrected chi connectivity index (χ3v) is 3.39. The summed E-state index contributed by atoms with van der Waals surface area (Å²) >= 11 is 0. The predicted molar refractivity (Wildman–Crippen MR) is 60.2 cm³/mol.